The van der Waals surface area contributed by atoms with Crippen LogP contribution in [0.1, 0.15) is 44.5 Å². The lowest BCUT2D eigenvalue weighted by Gasteiger charge is -2.38. The molecule has 0 spiro atoms. The molecule has 0 atom stereocenters. The summed E-state index contributed by atoms with van der Waals surface area (Å²) in [6, 6.07) is 44.0. The first-order chi connectivity index (χ1) is 23.9. The van der Waals surface area contributed by atoms with E-state index in [1.807, 2.05) is 24.3 Å². The van der Waals surface area contributed by atoms with Crippen LogP contribution in [-0.4, -0.2) is 13.5 Å². The van der Waals surface area contributed by atoms with E-state index in [1.54, 1.807) is 0 Å². The third kappa shape index (κ3) is 4.84. The van der Waals surface area contributed by atoms with Crippen molar-refractivity contribution < 1.29 is 9.47 Å². The Balaban J connectivity index is 1.25. The van der Waals surface area contributed by atoms with Crippen LogP contribution in [0.15, 0.2) is 131 Å². The summed E-state index contributed by atoms with van der Waals surface area (Å²) in [6.45, 7) is 6.90. The molecule has 0 radical (unpaired) electrons. The van der Waals surface area contributed by atoms with Gasteiger partial charge in [0.2, 0.25) is 0 Å². The summed E-state index contributed by atoms with van der Waals surface area (Å²) < 4.78 is 13.0. The number of anilines is 2. The van der Waals surface area contributed by atoms with E-state index in [9.17, 15) is 0 Å². The monoisotopic (exact) mass is 676 g/mol. The highest BCUT2D eigenvalue weighted by atomic mass is 32.1. The molecule has 2 heterocycles. The Labute approximate surface area is 298 Å². The Morgan fingerprint density at radius 2 is 0.939 bits per heavy atom. The highest BCUT2D eigenvalue weighted by Gasteiger charge is 2.47. The minimum Gasteiger partial charge on any atom is -0.472 e. The highest BCUT2D eigenvalue weighted by Crippen LogP contribution is 2.57. The fourth-order valence-corrected chi connectivity index (χ4v) is 8.54. The Morgan fingerprint density at radius 1 is 0.531 bits per heavy atom. The molecule has 49 heavy (non-hydrogen) atoms. The van der Waals surface area contributed by atoms with Gasteiger partial charge in [-0.3, -0.25) is 0 Å². The molecule has 0 aromatic heterocycles. The van der Waals surface area contributed by atoms with Gasteiger partial charge in [-0.2, -0.15) is 0 Å². The average Bonchev–Trinajstić information content (AvgIpc) is 3.43. The fraction of sp³-hybridized carbons (Fsp3) is 0.163. The molecule has 9 rings (SSSR count). The minimum atomic E-state index is -0.543. The van der Waals surface area contributed by atoms with E-state index in [2.05, 4.69) is 146 Å². The van der Waals surface area contributed by atoms with Crippen LogP contribution < -0.4 is 19.3 Å². The summed E-state index contributed by atoms with van der Waals surface area (Å²) in [5, 5.41) is 0. The van der Waals surface area contributed by atoms with Crippen molar-refractivity contribution >= 4 is 36.6 Å². The van der Waals surface area contributed by atoms with Crippen molar-refractivity contribution in [2.75, 3.05) is 23.3 Å². The number of hydrogen-bond donors (Lipinski definition) is 2. The second kappa shape index (κ2) is 11.7. The molecule has 3 aliphatic rings. The molecule has 4 nitrogen and oxygen atoms in total. The first-order valence-corrected chi connectivity index (χ1v) is 17.6. The average molecular weight is 677 g/mol. The molecule has 0 amide bonds. The molecule has 0 saturated carbocycles. The van der Waals surface area contributed by atoms with Gasteiger partial charge in [-0.05, 0) is 119 Å². The maximum atomic E-state index is 6.48. The van der Waals surface area contributed by atoms with Crippen molar-refractivity contribution in [3.63, 3.8) is 0 Å². The van der Waals surface area contributed by atoms with E-state index < -0.39 is 5.41 Å². The van der Waals surface area contributed by atoms with Crippen LogP contribution in [0, 0.1) is 13.8 Å². The van der Waals surface area contributed by atoms with Crippen molar-refractivity contribution in [2.45, 2.75) is 42.1 Å². The number of thiol groups is 2. The lowest BCUT2D eigenvalue weighted by atomic mass is 9.66. The van der Waals surface area contributed by atoms with Crippen LogP contribution >= 0.6 is 25.3 Å². The number of ether oxygens (including phenoxy) is 2. The Hall–Kier alpha value is -4.78. The van der Waals surface area contributed by atoms with Crippen molar-refractivity contribution in [1.82, 2.24) is 0 Å². The van der Waals surface area contributed by atoms with E-state index in [1.165, 1.54) is 44.5 Å². The second-order valence-electron chi connectivity index (χ2n) is 13.4. The van der Waals surface area contributed by atoms with Gasteiger partial charge in [0.25, 0.3) is 0 Å². The molecule has 2 aliphatic heterocycles. The van der Waals surface area contributed by atoms with Gasteiger partial charge in [-0.15, -0.1) is 25.3 Å². The van der Waals surface area contributed by atoms with Crippen LogP contribution in [0.3, 0.4) is 0 Å². The van der Waals surface area contributed by atoms with Gasteiger partial charge in [0, 0.05) is 45.4 Å². The first-order valence-electron chi connectivity index (χ1n) is 16.7. The molecular weight excluding hydrogens is 641 g/mol. The van der Waals surface area contributed by atoms with E-state index in [-0.39, 0.29) is 0 Å². The van der Waals surface area contributed by atoms with Crippen LogP contribution in [0.5, 0.6) is 11.5 Å². The zero-order valence-corrected chi connectivity index (χ0v) is 29.3. The molecule has 0 bridgehead atoms. The number of nitrogens with zero attached hydrogens (tertiary/aromatic N) is 2. The summed E-state index contributed by atoms with van der Waals surface area (Å²) in [4.78, 5) is 6.48. The molecule has 0 saturated heterocycles. The summed E-state index contributed by atoms with van der Waals surface area (Å²) in [7, 11) is 0. The first kappa shape index (κ1) is 30.3. The standard InChI is InChI=1S/C43H36N2O2S2/c1-27-19-31(21-29-23-44(25-46-41(27)29)33-11-15-35(48)16-12-33)43(39-9-5-3-7-37(39)38-8-4-6-10-40(38)43)32-20-28(2)42-30(22-32)24-45(26-47-42)34-13-17-36(49)18-14-34/h3-22,48-49H,23-26H2,1-2H3. The summed E-state index contributed by atoms with van der Waals surface area (Å²) in [5.74, 6) is 1.97. The van der Waals surface area contributed by atoms with Crippen LogP contribution in [0.25, 0.3) is 11.1 Å². The molecule has 242 valence electrons. The largest absolute Gasteiger partial charge is 0.472 e. The van der Waals surface area contributed by atoms with Gasteiger partial charge in [-0.1, -0.05) is 60.7 Å². The number of fused-ring (bicyclic) bond motifs is 5. The normalized spacial score (nSPS) is 15.4. The van der Waals surface area contributed by atoms with Gasteiger partial charge >= 0.3 is 0 Å². The second-order valence-corrected chi connectivity index (χ2v) is 14.4. The quantitative estimate of drug-likeness (QED) is 0.181. The third-order valence-corrected chi connectivity index (χ3v) is 11.0. The van der Waals surface area contributed by atoms with E-state index in [4.69, 9.17) is 9.47 Å². The van der Waals surface area contributed by atoms with Gasteiger partial charge in [0.1, 0.15) is 11.5 Å². The summed E-state index contributed by atoms with van der Waals surface area (Å²) >= 11 is 9.02. The third-order valence-electron chi connectivity index (χ3n) is 10.4. The summed E-state index contributed by atoms with van der Waals surface area (Å²) in [6.07, 6.45) is 0. The number of benzene rings is 6. The van der Waals surface area contributed by atoms with Crippen molar-refractivity contribution in [3.05, 3.63) is 166 Å². The molecule has 0 unspecified atom stereocenters. The van der Waals surface area contributed by atoms with Crippen molar-refractivity contribution in [3.8, 4) is 22.6 Å². The Bertz CT molecular complexity index is 2090. The highest BCUT2D eigenvalue weighted by molar-refractivity contribution is 7.80. The number of aryl methyl sites for hydroxylation is 2. The van der Waals surface area contributed by atoms with Gasteiger partial charge < -0.3 is 19.3 Å². The Kier molecular flexibility index (Phi) is 7.22. The zero-order chi connectivity index (χ0) is 33.3. The SMILES string of the molecule is Cc1cc(C2(c3cc(C)c4c(c3)CN(c3ccc(S)cc3)CO4)c3ccccc3-c3ccccc32)cc2c1OCN(c1ccc(S)cc1)C2. The van der Waals surface area contributed by atoms with Gasteiger partial charge in [0.05, 0.1) is 5.41 Å². The predicted molar refractivity (Wildman–Crippen MR) is 204 cm³/mol. The molecule has 6 aromatic rings. The van der Waals surface area contributed by atoms with Crippen LogP contribution in [0.4, 0.5) is 11.4 Å². The molecule has 0 fully saturated rings. The molecule has 0 N–H and O–H groups in total. The van der Waals surface area contributed by atoms with E-state index in [0.29, 0.717) is 13.5 Å². The van der Waals surface area contributed by atoms with Crippen molar-refractivity contribution in [1.29, 1.82) is 0 Å². The van der Waals surface area contributed by atoms with Crippen molar-refractivity contribution in [2.24, 2.45) is 0 Å². The molecule has 6 heteroatoms. The zero-order valence-electron chi connectivity index (χ0n) is 27.5. The molecule has 1 aliphatic carbocycles. The van der Waals surface area contributed by atoms with Gasteiger partial charge in [0.15, 0.2) is 13.5 Å². The molecule has 6 aromatic carbocycles. The number of hydrogen-bond acceptors (Lipinski definition) is 6. The summed E-state index contributed by atoms with van der Waals surface area (Å²) in [5.41, 5.74) is 14.0. The predicted octanol–water partition coefficient (Wildman–Crippen LogP) is 9.96. The lowest BCUT2D eigenvalue weighted by molar-refractivity contribution is 0.287. The molecular formula is C43H36N2O2S2. The smallest absolute Gasteiger partial charge is 0.161 e. The van der Waals surface area contributed by atoms with E-state index >= 15 is 0 Å². The van der Waals surface area contributed by atoms with Crippen LogP contribution in [-0.2, 0) is 18.5 Å². The maximum Gasteiger partial charge on any atom is 0.161 e. The maximum absolute atomic E-state index is 6.48. The lowest BCUT2D eigenvalue weighted by Crippen LogP contribution is -2.35. The van der Waals surface area contributed by atoms with Crippen LogP contribution in [0.2, 0.25) is 0 Å². The number of rotatable bonds is 4. The fourth-order valence-electron chi connectivity index (χ4n) is 8.24. The topological polar surface area (TPSA) is 24.9 Å². The van der Waals surface area contributed by atoms with Gasteiger partial charge in [-0.25, -0.2) is 0 Å². The Morgan fingerprint density at radius 3 is 1.37 bits per heavy atom. The minimum absolute atomic E-state index is 0.507. The van der Waals surface area contributed by atoms with E-state index in [0.717, 1.165) is 56.9 Å².